The van der Waals surface area contributed by atoms with E-state index < -0.39 is 28.5 Å². The topological polar surface area (TPSA) is 86.8 Å². The smallest absolute Gasteiger partial charge is 0.264 e. The monoisotopic (exact) mass is 645 g/mol. The van der Waals surface area contributed by atoms with Crippen molar-refractivity contribution < 1.29 is 18.0 Å². The van der Waals surface area contributed by atoms with E-state index in [4.69, 9.17) is 11.6 Å². The molecule has 0 aromatic heterocycles. The third kappa shape index (κ3) is 8.53. The summed E-state index contributed by atoms with van der Waals surface area (Å²) in [4.78, 5) is 29.9. The zero-order chi connectivity index (χ0) is 32.7. The molecule has 236 valence electrons. The summed E-state index contributed by atoms with van der Waals surface area (Å²) in [6.45, 7) is 8.91. The lowest BCUT2D eigenvalue weighted by Crippen LogP contribution is -2.54. The molecule has 0 saturated heterocycles. The Morgan fingerprint density at radius 2 is 1.47 bits per heavy atom. The highest BCUT2D eigenvalue weighted by molar-refractivity contribution is 7.92. The Bertz CT molecular complexity index is 1740. The zero-order valence-electron chi connectivity index (χ0n) is 26.3. The fourth-order valence-corrected chi connectivity index (χ4v) is 6.59. The standard InChI is InChI=1S/C36H40ClN3O4S/c1-25(2)38-36(42)34(22-29-11-7-6-8-12-29)39(23-30-13-9-10-14-33(30)37)35(41)24-40(31-18-17-27(4)28(5)21-31)45(43,44)32-19-15-26(3)16-20-32/h6-21,25,34H,22-24H2,1-5H3,(H,38,42)/t34-/m1/s1. The molecule has 45 heavy (non-hydrogen) atoms. The molecule has 7 nitrogen and oxygen atoms in total. The molecule has 4 aromatic rings. The van der Waals surface area contributed by atoms with Crippen molar-refractivity contribution in [2.45, 2.75) is 64.6 Å². The van der Waals surface area contributed by atoms with E-state index in [0.29, 0.717) is 16.3 Å². The largest absolute Gasteiger partial charge is 0.352 e. The molecular formula is C36H40ClN3O4S. The van der Waals surface area contributed by atoms with Gasteiger partial charge in [0.2, 0.25) is 11.8 Å². The van der Waals surface area contributed by atoms with E-state index in [2.05, 4.69) is 5.32 Å². The number of amides is 2. The Labute approximate surface area is 271 Å². The lowest BCUT2D eigenvalue weighted by atomic mass is 10.0. The van der Waals surface area contributed by atoms with Gasteiger partial charge in [-0.15, -0.1) is 0 Å². The van der Waals surface area contributed by atoms with Crippen molar-refractivity contribution in [3.63, 3.8) is 0 Å². The Balaban J connectivity index is 1.83. The van der Waals surface area contributed by atoms with Gasteiger partial charge in [0.1, 0.15) is 12.6 Å². The normalized spacial score (nSPS) is 12.1. The van der Waals surface area contributed by atoms with Crippen molar-refractivity contribution in [3.05, 3.63) is 130 Å². The fourth-order valence-electron chi connectivity index (χ4n) is 4.99. The van der Waals surface area contributed by atoms with Crippen LogP contribution in [0.5, 0.6) is 0 Å². The summed E-state index contributed by atoms with van der Waals surface area (Å²) in [6, 6.07) is 27.3. The number of sulfonamides is 1. The van der Waals surface area contributed by atoms with Gasteiger partial charge < -0.3 is 10.2 Å². The van der Waals surface area contributed by atoms with Crippen LogP contribution in [0.15, 0.2) is 102 Å². The first kappa shape index (κ1) is 33.7. The average Bonchev–Trinajstić information content (AvgIpc) is 3.00. The molecule has 2 amide bonds. The Hall–Kier alpha value is -4.14. The number of aryl methyl sites for hydroxylation is 3. The number of carbonyl (C=O) groups excluding carboxylic acids is 2. The molecule has 0 spiro atoms. The summed E-state index contributed by atoms with van der Waals surface area (Å²) >= 11 is 6.56. The first-order valence-corrected chi connectivity index (χ1v) is 16.7. The number of nitrogens with zero attached hydrogens (tertiary/aromatic N) is 2. The van der Waals surface area contributed by atoms with Gasteiger partial charge in [-0.2, -0.15) is 0 Å². The Morgan fingerprint density at radius 1 is 0.822 bits per heavy atom. The van der Waals surface area contributed by atoms with Gasteiger partial charge in [-0.1, -0.05) is 83.9 Å². The second kappa shape index (κ2) is 14.8. The third-order valence-corrected chi connectivity index (χ3v) is 9.82. The van der Waals surface area contributed by atoms with Crippen LogP contribution in [0.1, 0.15) is 41.7 Å². The number of halogens is 1. The van der Waals surface area contributed by atoms with Gasteiger partial charge in [-0.3, -0.25) is 13.9 Å². The molecular weight excluding hydrogens is 606 g/mol. The van der Waals surface area contributed by atoms with Gasteiger partial charge in [-0.05, 0) is 87.2 Å². The number of hydrogen-bond acceptors (Lipinski definition) is 4. The zero-order valence-corrected chi connectivity index (χ0v) is 27.9. The number of nitrogens with one attached hydrogen (secondary N) is 1. The van der Waals surface area contributed by atoms with Crippen molar-refractivity contribution >= 4 is 39.1 Å². The summed E-state index contributed by atoms with van der Waals surface area (Å²) in [7, 11) is -4.17. The van der Waals surface area contributed by atoms with Crippen LogP contribution in [-0.2, 0) is 32.6 Å². The SMILES string of the molecule is Cc1ccc(S(=O)(=O)N(CC(=O)N(Cc2ccccc2Cl)[C@H](Cc2ccccc2)C(=O)NC(C)C)c2ccc(C)c(C)c2)cc1. The van der Waals surface area contributed by atoms with Crippen LogP contribution in [0.25, 0.3) is 0 Å². The number of hydrogen-bond donors (Lipinski definition) is 1. The summed E-state index contributed by atoms with van der Waals surface area (Å²) in [5.41, 5.74) is 4.64. The third-order valence-electron chi connectivity index (χ3n) is 7.67. The first-order chi connectivity index (χ1) is 21.4. The van der Waals surface area contributed by atoms with E-state index in [9.17, 15) is 18.0 Å². The van der Waals surface area contributed by atoms with Crippen molar-refractivity contribution in [2.24, 2.45) is 0 Å². The molecule has 0 unspecified atom stereocenters. The molecule has 9 heteroatoms. The predicted octanol–water partition coefficient (Wildman–Crippen LogP) is 6.63. The van der Waals surface area contributed by atoms with Crippen LogP contribution in [0.2, 0.25) is 5.02 Å². The van der Waals surface area contributed by atoms with Gasteiger partial charge in [-0.25, -0.2) is 8.42 Å². The minimum atomic E-state index is -4.17. The van der Waals surface area contributed by atoms with Crippen molar-refractivity contribution in [1.29, 1.82) is 0 Å². The van der Waals surface area contributed by atoms with Gasteiger partial charge in [0.05, 0.1) is 10.6 Å². The highest BCUT2D eigenvalue weighted by Crippen LogP contribution is 2.28. The molecule has 0 bridgehead atoms. The van der Waals surface area contributed by atoms with Crippen molar-refractivity contribution in [1.82, 2.24) is 10.2 Å². The van der Waals surface area contributed by atoms with Gasteiger partial charge in [0, 0.05) is 24.0 Å². The maximum Gasteiger partial charge on any atom is 0.264 e. The van der Waals surface area contributed by atoms with Crippen LogP contribution < -0.4 is 9.62 Å². The molecule has 0 saturated carbocycles. The maximum atomic E-state index is 14.5. The molecule has 1 atom stereocenters. The van der Waals surface area contributed by atoms with Gasteiger partial charge in [0.15, 0.2) is 0 Å². The van der Waals surface area contributed by atoms with Gasteiger partial charge >= 0.3 is 0 Å². The Kier molecular flexibility index (Phi) is 11.1. The van der Waals surface area contributed by atoms with E-state index in [1.807, 2.05) is 77.1 Å². The number of anilines is 1. The van der Waals surface area contributed by atoms with E-state index in [-0.39, 0.29) is 29.8 Å². The number of carbonyl (C=O) groups is 2. The molecule has 0 aliphatic carbocycles. The predicted molar refractivity (Wildman–Crippen MR) is 181 cm³/mol. The minimum absolute atomic E-state index is 0.00681. The van der Waals surface area contributed by atoms with Crippen molar-refractivity contribution in [2.75, 3.05) is 10.8 Å². The molecule has 0 radical (unpaired) electrons. The first-order valence-electron chi connectivity index (χ1n) is 14.9. The van der Waals surface area contributed by atoms with Crippen LogP contribution in [-0.4, -0.2) is 43.8 Å². The van der Waals surface area contributed by atoms with E-state index in [1.165, 1.54) is 4.90 Å². The summed E-state index contributed by atoms with van der Waals surface area (Å²) in [5.74, 6) is -0.878. The van der Waals surface area contributed by atoms with Crippen LogP contribution in [0, 0.1) is 20.8 Å². The molecule has 0 heterocycles. The highest BCUT2D eigenvalue weighted by atomic mass is 35.5. The fraction of sp³-hybridized carbons (Fsp3) is 0.278. The minimum Gasteiger partial charge on any atom is -0.352 e. The number of benzene rings is 4. The molecule has 0 fully saturated rings. The number of rotatable bonds is 12. The van der Waals surface area contributed by atoms with Crippen molar-refractivity contribution in [3.8, 4) is 0 Å². The van der Waals surface area contributed by atoms with E-state index in [0.717, 1.165) is 26.6 Å². The molecule has 4 rings (SSSR count). The maximum absolute atomic E-state index is 14.5. The van der Waals surface area contributed by atoms with Gasteiger partial charge in [0.25, 0.3) is 10.0 Å². The molecule has 0 aliphatic heterocycles. The quantitative estimate of drug-likeness (QED) is 0.188. The van der Waals surface area contributed by atoms with Crippen LogP contribution in [0.3, 0.4) is 0 Å². The summed E-state index contributed by atoms with van der Waals surface area (Å²) in [6.07, 6.45) is 0.226. The highest BCUT2D eigenvalue weighted by Gasteiger charge is 2.35. The summed E-state index contributed by atoms with van der Waals surface area (Å²) in [5, 5.41) is 3.40. The van der Waals surface area contributed by atoms with Crippen LogP contribution >= 0.6 is 11.6 Å². The molecule has 1 N–H and O–H groups in total. The van der Waals surface area contributed by atoms with Crippen LogP contribution in [0.4, 0.5) is 5.69 Å². The molecule has 4 aromatic carbocycles. The lowest BCUT2D eigenvalue weighted by Gasteiger charge is -2.34. The lowest BCUT2D eigenvalue weighted by molar-refractivity contribution is -0.140. The van der Waals surface area contributed by atoms with E-state index in [1.54, 1.807) is 54.6 Å². The van der Waals surface area contributed by atoms with E-state index >= 15 is 0 Å². The molecule has 0 aliphatic rings. The second-order valence-corrected chi connectivity index (χ2v) is 13.8. The summed E-state index contributed by atoms with van der Waals surface area (Å²) < 4.78 is 29.5. The second-order valence-electron chi connectivity index (χ2n) is 11.6. The average molecular weight is 646 g/mol. The Morgan fingerprint density at radius 3 is 2.09 bits per heavy atom.